The van der Waals surface area contributed by atoms with E-state index in [1.807, 2.05) is 66.7 Å². The molecule has 0 spiro atoms. The van der Waals surface area contributed by atoms with Crippen molar-refractivity contribution >= 4 is 28.3 Å². The van der Waals surface area contributed by atoms with Gasteiger partial charge in [-0.15, -0.1) is 0 Å². The molecule has 3 rings (SSSR count). The van der Waals surface area contributed by atoms with Gasteiger partial charge in [-0.3, -0.25) is 8.24 Å². The summed E-state index contributed by atoms with van der Waals surface area (Å²) in [5.74, 6) is 0. The van der Waals surface area contributed by atoms with Crippen LogP contribution >= 0.6 is 0 Å². The van der Waals surface area contributed by atoms with Crippen LogP contribution in [0.3, 0.4) is 0 Å². The van der Waals surface area contributed by atoms with Crippen molar-refractivity contribution in [2.75, 3.05) is 0 Å². The molecule has 0 aliphatic heterocycles. The fraction of sp³-hybridized carbons (Fsp3) is 0.174. The van der Waals surface area contributed by atoms with Gasteiger partial charge in [-0.2, -0.15) is 0 Å². The third kappa shape index (κ3) is 4.36. The van der Waals surface area contributed by atoms with Crippen LogP contribution in [0.2, 0.25) is 5.04 Å². The fourth-order valence-corrected chi connectivity index (χ4v) is 11.7. The number of hydrogen-bond acceptors (Lipinski definition) is 2. The molecular formula is C23H26LiNOSSi. The van der Waals surface area contributed by atoms with E-state index in [1.54, 1.807) is 0 Å². The Morgan fingerprint density at radius 3 is 1.46 bits per heavy atom. The zero-order valence-corrected chi connectivity index (χ0v) is 18.9. The Bertz CT molecular complexity index is 969. The predicted octanol–water partition coefficient (Wildman–Crippen LogP) is 1.87. The molecule has 1 unspecified atom stereocenters. The normalized spacial score (nSPS) is 13.9. The van der Waals surface area contributed by atoms with Gasteiger partial charge in [0.2, 0.25) is 0 Å². The molecule has 0 aliphatic rings. The van der Waals surface area contributed by atoms with Gasteiger partial charge in [0.25, 0.3) is 8.24 Å². The van der Waals surface area contributed by atoms with E-state index in [2.05, 4.69) is 51.3 Å². The van der Waals surface area contributed by atoms with E-state index >= 15 is 0 Å². The van der Waals surface area contributed by atoms with Crippen LogP contribution < -0.4 is 29.2 Å². The Morgan fingerprint density at radius 1 is 0.750 bits per heavy atom. The van der Waals surface area contributed by atoms with E-state index in [4.69, 9.17) is 4.03 Å². The number of benzene rings is 3. The summed E-state index contributed by atoms with van der Waals surface area (Å²) in [7, 11) is -5.59. The van der Waals surface area contributed by atoms with E-state index in [-0.39, 0.29) is 23.9 Å². The summed E-state index contributed by atoms with van der Waals surface area (Å²) < 4.78 is 18.9. The zero-order valence-electron chi connectivity index (χ0n) is 17.1. The molecular weight excluding hydrogens is 373 g/mol. The molecule has 0 N–H and O–H groups in total. The van der Waals surface area contributed by atoms with Crippen LogP contribution in [-0.2, 0) is 9.73 Å². The Kier molecular flexibility index (Phi) is 7.17. The van der Waals surface area contributed by atoms with Gasteiger partial charge in [0, 0.05) is 4.90 Å². The first kappa shape index (κ1) is 22.7. The van der Waals surface area contributed by atoms with Gasteiger partial charge in [-0.1, -0.05) is 109 Å². The van der Waals surface area contributed by atoms with Crippen molar-refractivity contribution in [3.8, 4) is 0 Å². The first-order valence-electron chi connectivity index (χ1n) is 9.05. The van der Waals surface area contributed by atoms with Crippen molar-refractivity contribution < 1.29 is 23.1 Å². The van der Waals surface area contributed by atoms with E-state index in [0.717, 1.165) is 10.4 Å². The Balaban J connectivity index is 0.00000280. The molecule has 0 amide bonds. The summed E-state index contributed by atoms with van der Waals surface area (Å²) in [6, 6.07) is 30.1. The van der Waals surface area contributed by atoms with E-state index in [9.17, 15) is 4.21 Å². The second kappa shape index (κ2) is 8.84. The van der Waals surface area contributed by atoms with Crippen LogP contribution in [0.1, 0.15) is 20.8 Å². The smallest absolute Gasteiger partial charge is 0.288 e. The molecule has 5 heteroatoms. The van der Waals surface area contributed by atoms with Gasteiger partial charge in [-0.25, -0.2) is 6.26 Å². The topological polar surface area (TPSA) is 29.4 Å². The summed E-state index contributed by atoms with van der Waals surface area (Å²) >= 11 is 0. The van der Waals surface area contributed by atoms with Crippen molar-refractivity contribution in [3.63, 3.8) is 0 Å². The number of nitrogens with zero attached hydrogens (tertiary/aromatic N) is 1. The second-order valence-electron chi connectivity index (χ2n) is 7.74. The average molecular weight is 400 g/mol. The predicted molar refractivity (Wildman–Crippen MR) is 118 cm³/mol. The van der Waals surface area contributed by atoms with Crippen LogP contribution in [0, 0.1) is 6.26 Å². The molecule has 2 nitrogen and oxygen atoms in total. The summed E-state index contributed by atoms with van der Waals surface area (Å²) in [5, 5.41) is 2.11. The number of rotatable bonds is 4. The molecule has 28 heavy (non-hydrogen) atoms. The monoisotopic (exact) mass is 399 g/mol. The molecule has 140 valence electrons. The zero-order chi connectivity index (χ0) is 19.5. The summed E-state index contributed by atoms with van der Waals surface area (Å²) in [4.78, 5) is 0.679. The largest absolute Gasteiger partial charge is 1.00 e. The molecule has 0 heterocycles. The minimum atomic E-state index is -2.81. The Hall–Kier alpha value is -1.58. The van der Waals surface area contributed by atoms with Crippen LogP contribution in [0.25, 0.3) is 0 Å². The van der Waals surface area contributed by atoms with Crippen LogP contribution in [0.4, 0.5) is 0 Å². The Morgan fingerprint density at radius 2 is 1.11 bits per heavy atom. The second-order valence-corrected chi connectivity index (χ2v) is 14.3. The molecule has 0 aliphatic carbocycles. The van der Waals surface area contributed by atoms with Gasteiger partial charge in [0.05, 0.1) is 0 Å². The van der Waals surface area contributed by atoms with Crippen LogP contribution in [0.5, 0.6) is 0 Å². The summed E-state index contributed by atoms with van der Waals surface area (Å²) in [5.41, 5.74) is 0. The molecule has 3 aromatic carbocycles. The maximum atomic E-state index is 13.8. The molecule has 3 aromatic rings. The van der Waals surface area contributed by atoms with Gasteiger partial charge >= 0.3 is 18.9 Å². The molecule has 0 bridgehead atoms. The molecule has 1 atom stereocenters. The maximum absolute atomic E-state index is 13.8. The van der Waals surface area contributed by atoms with Crippen molar-refractivity contribution in [1.82, 2.24) is 0 Å². The van der Waals surface area contributed by atoms with Crippen LogP contribution in [-0.4, -0.2) is 12.4 Å². The van der Waals surface area contributed by atoms with E-state index in [0.29, 0.717) is 4.90 Å². The SMILES string of the molecule is [CH2-]S(=O)(=N[Si](c1ccccc1)(c1ccccc1)C(C)(C)C)c1ccccc1.[Li+]. The van der Waals surface area contributed by atoms with Gasteiger partial charge in [-0.05, 0) is 27.5 Å². The van der Waals surface area contributed by atoms with Crippen molar-refractivity contribution in [1.29, 1.82) is 0 Å². The minimum absolute atomic E-state index is 0. The molecule has 0 aromatic heterocycles. The van der Waals surface area contributed by atoms with Crippen LogP contribution in [0.15, 0.2) is 99.9 Å². The maximum Gasteiger partial charge on any atom is 1.00 e. The molecule has 0 fully saturated rings. The van der Waals surface area contributed by atoms with Crippen molar-refractivity contribution in [2.24, 2.45) is 4.03 Å². The molecule has 0 radical (unpaired) electrons. The first-order valence-corrected chi connectivity index (χ1v) is 12.7. The van der Waals surface area contributed by atoms with Gasteiger partial charge < -0.3 is 0 Å². The third-order valence-electron chi connectivity index (χ3n) is 4.86. The standard InChI is InChI=1S/C23H26NOSSi.Li/c1-23(2,3)27(21-16-10-6-11-17-21,22-18-12-7-13-19-22)24-26(4,25)20-14-8-5-9-15-20;/h5-19H,4H2,1-3H3;/q-1;+1. The van der Waals surface area contributed by atoms with E-state index in [1.165, 1.54) is 0 Å². The first-order chi connectivity index (χ1) is 12.8. The van der Waals surface area contributed by atoms with E-state index < -0.39 is 18.0 Å². The van der Waals surface area contributed by atoms with Crippen molar-refractivity contribution in [3.05, 3.63) is 97.3 Å². The Labute approximate surface area is 182 Å². The minimum Gasteiger partial charge on any atom is -0.288 e. The summed E-state index contributed by atoms with van der Waals surface area (Å²) in [6.45, 7) is 6.59. The van der Waals surface area contributed by atoms with Crippen molar-refractivity contribution in [2.45, 2.75) is 30.7 Å². The fourth-order valence-electron chi connectivity index (χ4n) is 3.54. The average Bonchev–Trinajstić information content (AvgIpc) is 2.67. The van der Waals surface area contributed by atoms with Gasteiger partial charge in [0.15, 0.2) is 0 Å². The van der Waals surface area contributed by atoms with Gasteiger partial charge in [0.1, 0.15) is 0 Å². The summed E-state index contributed by atoms with van der Waals surface area (Å²) in [6.07, 6.45) is 4.09. The third-order valence-corrected chi connectivity index (χ3v) is 12.7. The number of hydrogen-bond donors (Lipinski definition) is 0. The molecule has 0 saturated heterocycles. The quantitative estimate of drug-likeness (QED) is 0.487. The molecule has 0 saturated carbocycles.